The molecule has 8 heteroatoms. The predicted molar refractivity (Wildman–Crippen MR) is 74.0 cm³/mol. The molecule has 110 valence electrons. The van der Waals surface area contributed by atoms with Gasteiger partial charge in [-0.15, -0.1) is 0 Å². The highest BCUT2D eigenvalue weighted by atomic mass is 79.9. The number of hydrogen-bond donors (Lipinski definition) is 4. The minimum Gasteiger partial charge on any atom is -0.481 e. The third kappa shape index (κ3) is 5.54. The molecule has 0 aliphatic carbocycles. The van der Waals surface area contributed by atoms with E-state index in [0.29, 0.717) is 0 Å². The molecule has 4 N–H and O–H groups in total. The Balaban J connectivity index is 2.51. The molecule has 1 rings (SSSR count). The Hall–Kier alpha value is -1.67. The average Bonchev–Trinajstić information content (AvgIpc) is 2.30. The van der Waals surface area contributed by atoms with E-state index >= 15 is 0 Å². The number of anilines is 1. The molecule has 0 fully saturated rings. The molecule has 0 bridgehead atoms. The SMILES string of the molecule is CC(O)(CNC(=O)Nc1ccc(Br)c(F)c1)CC(=O)O. The second kappa shape index (κ2) is 6.67. The Morgan fingerprint density at radius 2 is 2.10 bits per heavy atom. The molecule has 0 saturated carbocycles. The second-order valence-corrected chi connectivity index (χ2v) is 5.36. The number of carboxylic acids is 1. The zero-order valence-electron chi connectivity index (χ0n) is 10.6. The van der Waals surface area contributed by atoms with Crippen LogP contribution in [0, 0.1) is 5.82 Å². The van der Waals surface area contributed by atoms with Crippen molar-refractivity contribution < 1.29 is 24.2 Å². The lowest BCUT2D eigenvalue weighted by atomic mass is 10.0. The molecule has 0 saturated heterocycles. The summed E-state index contributed by atoms with van der Waals surface area (Å²) < 4.78 is 13.5. The van der Waals surface area contributed by atoms with E-state index in [9.17, 15) is 19.1 Å². The van der Waals surface area contributed by atoms with Crippen LogP contribution in [0.15, 0.2) is 22.7 Å². The summed E-state index contributed by atoms with van der Waals surface area (Å²) in [6, 6.07) is 3.38. The molecule has 1 unspecified atom stereocenters. The zero-order valence-corrected chi connectivity index (χ0v) is 12.2. The van der Waals surface area contributed by atoms with Crippen molar-refractivity contribution in [3.8, 4) is 0 Å². The topological polar surface area (TPSA) is 98.7 Å². The Labute approximate surface area is 123 Å². The molecule has 0 spiro atoms. The molecular weight excluding hydrogens is 335 g/mol. The summed E-state index contributed by atoms with van der Waals surface area (Å²) >= 11 is 2.98. The molecule has 0 radical (unpaired) electrons. The van der Waals surface area contributed by atoms with Crippen LogP contribution in [-0.2, 0) is 4.79 Å². The van der Waals surface area contributed by atoms with Gasteiger partial charge in [-0.25, -0.2) is 9.18 Å². The summed E-state index contributed by atoms with van der Waals surface area (Å²) in [7, 11) is 0. The minimum atomic E-state index is -1.56. The van der Waals surface area contributed by atoms with Crippen molar-refractivity contribution in [3.05, 3.63) is 28.5 Å². The fraction of sp³-hybridized carbons (Fsp3) is 0.333. The molecule has 0 aromatic heterocycles. The van der Waals surface area contributed by atoms with Gasteiger partial charge in [0.15, 0.2) is 0 Å². The van der Waals surface area contributed by atoms with E-state index in [-0.39, 0.29) is 16.7 Å². The summed E-state index contributed by atoms with van der Waals surface area (Å²) in [4.78, 5) is 22.0. The highest BCUT2D eigenvalue weighted by Crippen LogP contribution is 2.19. The lowest BCUT2D eigenvalue weighted by Crippen LogP contribution is -2.43. The Morgan fingerprint density at radius 3 is 2.65 bits per heavy atom. The van der Waals surface area contributed by atoms with E-state index in [1.807, 2.05) is 0 Å². The maximum Gasteiger partial charge on any atom is 0.319 e. The van der Waals surface area contributed by atoms with Crippen LogP contribution in [-0.4, -0.2) is 34.4 Å². The van der Waals surface area contributed by atoms with Gasteiger partial charge in [-0.3, -0.25) is 4.79 Å². The molecule has 1 atom stereocenters. The number of aliphatic carboxylic acids is 1. The van der Waals surface area contributed by atoms with Crippen molar-refractivity contribution in [2.24, 2.45) is 0 Å². The predicted octanol–water partition coefficient (Wildman–Crippen LogP) is 1.94. The molecule has 20 heavy (non-hydrogen) atoms. The van der Waals surface area contributed by atoms with Crippen molar-refractivity contribution >= 4 is 33.6 Å². The average molecular weight is 349 g/mol. The highest BCUT2D eigenvalue weighted by molar-refractivity contribution is 9.10. The number of aliphatic hydroxyl groups is 1. The number of rotatable bonds is 5. The van der Waals surface area contributed by atoms with Gasteiger partial charge in [-0.2, -0.15) is 0 Å². The molecule has 0 heterocycles. The first-order chi connectivity index (χ1) is 9.19. The van der Waals surface area contributed by atoms with E-state index in [1.54, 1.807) is 0 Å². The van der Waals surface area contributed by atoms with Crippen LogP contribution in [0.1, 0.15) is 13.3 Å². The third-order valence-corrected chi connectivity index (χ3v) is 2.98. The number of carbonyl (C=O) groups excluding carboxylic acids is 1. The standard InChI is InChI=1S/C12H14BrFN2O4/c1-12(20,5-10(17)18)6-15-11(19)16-7-2-3-8(13)9(14)4-7/h2-4,20H,5-6H2,1H3,(H,17,18)(H2,15,16,19). The summed E-state index contributed by atoms with van der Waals surface area (Å²) in [6.07, 6.45) is -0.500. The van der Waals surface area contributed by atoms with Crippen LogP contribution in [0.3, 0.4) is 0 Å². The summed E-state index contributed by atoms with van der Waals surface area (Å²) in [6.45, 7) is 1.05. The smallest absolute Gasteiger partial charge is 0.319 e. The number of amides is 2. The van der Waals surface area contributed by atoms with Crippen LogP contribution in [0.4, 0.5) is 14.9 Å². The number of halogens is 2. The van der Waals surface area contributed by atoms with Crippen LogP contribution in [0.2, 0.25) is 0 Å². The monoisotopic (exact) mass is 348 g/mol. The van der Waals surface area contributed by atoms with Gasteiger partial charge in [-0.05, 0) is 41.1 Å². The first-order valence-electron chi connectivity index (χ1n) is 5.64. The first kappa shape index (κ1) is 16.4. The van der Waals surface area contributed by atoms with E-state index in [1.165, 1.54) is 19.1 Å². The van der Waals surface area contributed by atoms with E-state index in [0.717, 1.165) is 6.07 Å². The number of urea groups is 1. The fourth-order valence-corrected chi connectivity index (χ4v) is 1.65. The Kier molecular flexibility index (Phi) is 5.46. The Bertz CT molecular complexity index is 522. The van der Waals surface area contributed by atoms with Gasteiger partial charge in [0.1, 0.15) is 5.82 Å². The maximum absolute atomic E-state index is 13.2. The summed E-state index contributed by atoms with van der Waals surface area (Å²) in [5, 5.41) is 22.9. The summed E-state index contributed by atoms with van der Waals surface area (Å²) in [5.74, 6) is -1.70. The van der Waals surface area contributed by atoms with E-state index in [4.69, 9.17) is 5.11 Å². The maximum atomic E-state index is 13.2. The Morgan fingerprint density at radius 1 is 1.45 bits per heavy atom. The van der Waals surface area contributed by atoms with Crippen LogP contribution in [0.5, 0.6) is 0 Å². The van der Waals surface area contributed by atoms with E-state index in [2.05, 4.69) is 26.6 Å². The molecular formula is C12H14BrFN2O4. The van der Waals surface area contributed by atoms with Crippen molar-refractivity contribution in [1.29, 1.82) is 0 Å². The molecule has 6 nitrogen and oxygen atoms in total. The third-order valence-electron chi connectivity index (χ3n) is 2.34. The first-order valence-corrected chi connectivity index (χ1v) is 6.43. The number of benzene rings is 1. The van der Waals surface area contributed by atoms with Gasteiger partial charge in [-0.1, -0.05) is 0 Å². The number of hydrogen-bond acceptors (Lipinski definition) is 3. The molecule has 0 aliphatic rings. The fourth-order valence-electron chi connectivity index (χ4n) is 1.41. The molecule has 1 aromatic rings. The lowest BCUT2D eigenvalue weighted by molar-refractivity contribution is -0.141. The van der Waals surface area contributed by atoms with Crippen molar-refractivity contribution in [3.63, 3.8) is 0 Å². The van der Waals surface area contributed by atoms with Crippen LogP contribution < -0.4 is 10.6 Å². The number of carboxylic acid groups (broad SMARTS) is 1. The van der Waals surface area contributed by atoms with E-state index < -0.39 is 29.8 Å². The molecule has 0 aliphatic heterocycles. The van der Waals surface area contributed by atoms with Crippen LogP contribution in [0.25, 0.3) is 0 Å². The minimum absolute atomic E-state index is 0.237. The van der Waals surface area contributed by atoms with Gasteiger partial charge in [0.2, 0.25) is 0 Å². The number of nitrogens with one attached hydrogen (secondary N) is 2. The lowest BCUT2D eigenvalue weighted by Gasteiger charge is -2.21. The van der Waals surface area contributed by atoms with Crippen molar-refractivity contribution in [1.82, 2.24) is 5.32 Å². The molecule has 2 amide bonds. The summed E-state index contributed by atoms with van der Waals surface area (Å²) in [5.41, 5.74) is -1.32. The molecule has 1 aromatic carbocycles. The highest BCUT2D eigenvalue weighted by Gasteiger charge is 2.24. The number of carbonyl (C=O) groups is 2. The van der Waals surface area contributed by atoms with Gasteiger partial charge >= 0.3 is 12.0 Å². The van der Waals surface area contributed by atoms with Gasteiger partial charge < -0.3 is 20.8 Å². The quantitative estimate of drug-likeness (QED) is 0.653. The normalized spacial score (nSPS) is 13.4. The van der Waals surface area contributed by atoms with Gasteiger partial charge in [0.25, 0.3) is 0 Å². The van der Waals surface area contributed by atoms with Crippen LogP contribution >= 0.6 is 15.9 Å². The largest absolute Gasteiger partial charge is 0.481 e. The van der Waals surface area contributed by atoms with Gasteiger partial charge in [0.05, 0.1) is 16.5 Å². The zero-order chi connectivity index (χ0) is 15.3. The van der Waals surface area contributed by atoms with Gasteiger partial charge in [0, 0.05) is 12.2 Å². The second-order valence-electron chi connectivity index (χ2n) is 4.50. The van der Waals surface area contributed by atoms with Crippen molar-refractivity contribution in [2.45, 2.75) is 18.9 Å². The van der Waals surface area contributed by atoms with Crippen molar-refractivity contribution in [2.75, 3.05) is 11.9 Å².